The van der Waals surface area contributed by atoms with Crippen molar-refractivity contribution >= 4 is 23.5 Å². The molecule has 1 fully saturated rings. The second kappa shape index (κ2) is 9.08. The molecule has 28 heavy (non-hydrogen) atoms. The van der Waals surface area contributed by atoms with Crippen LogP contribution in [0.1, 0.15) is 22.3 Å². The Morgan fingerprint density at radius 2 is 1.79 bits per heavy atom. The number of hydrogen-bond donors (Lipinski definition) is 1. The molecule has 0 spiro atoms. The summed E-state index contributed by atoms with van der Waals surface area (Å²) in [5.41, 5.74) is 1.59. The van der Waals surface area contributed by atoms with Gasteiger partial charge in [0.15, 0.2) is 0 Å². The Balaban J connectivity index is 1.67. The number of nitrogens with zero attached hydrogens (tertiary/aromatic N) is 1. The van der Waals surface area contributed by atoms with Gasteiger partial charge in [0.05, 0.1) is 14.2 Å². The molecule has 148 valence electrons. The number of rotatable bonds is 6. The molecule has 2 aromatic rings. The molecule has 3 rings (SSSR count). The molecule has 1 heterocycles. The lowest BCUT2D eigenvalue weighted by molar-refractivity contribution is -0.146. The molecule has 6 nitrogen and oxygen atoms in total. The zero-order valence-corrected chi connectivity index (χ0v) is 16.6. The number of nitrogens with one attached hydrogen (secondary N) is 1. The molecule has 0 radical (unpaired) electrons. The Kier molecular flexibility index (Phi) is 6.54. The molecule has 7 heteroatoms. The summed E-state index contributed by atoms with van der Waals surface area (Å²) in [6, 6.07) is 13.9. The summed E-state index contributed by atoms with van der Waals surface area (Å²) in [6.07, 6.45) is 0.502. The first-order valence-corrected chi connectivity index (χ1v) is 9.39. The van der Waals surface area contributed by atoms with E-state index in [9.17, 15) is 9.59 Å². The van der Waals surface area contributed by atoms with Gasteiger partial charge in [-0.25, -0.2) is 0 Å². The highest BCUT2D eigenvalue weighted by molar-refractivity contribution is 6.30. The van der Waals surface area contributed by atoms with Crippen LogP contribution in [0.4, 0.5) is 0 Å². The summed E-state index contributed by atoms with van der Waals surface area (Å²) in [4.78, 5) is 26.8. The van der Waals surface area contributed by atoms with Crippen LogP contribution in [0.15, 0.2) is 48.5 Å². The van der Waals surface area contributed by atoms with Crippen molar-refractivity contribution in [2.24, 2.45) is 0 Å². The van der Waals surface area contributed by atoms with E-state index in [1.54, 1.807) is 31.4 Å². The van der Waals surface area contributed by atoms with Crippen molar-refractivity contribution in [3.8, 4) is 5.75 Å². The summed E-state index contributed by atoms with van der Waals surface area (Å²) < 4.78 is 10.1. The Labute approximate surface area is 169 Å². The fraction of sp³-hybridized carbons (Fsp3) is 0.333. The quantitative estimate of drug-likeness (QED) is 0.752. The van der Waals surface area contributed by atoms with E-state index in [0.717, 1.165) is 5.56 Å². The van der Waals surface area contributed by atoms with Crippen LogP contribution in [0.2, 0.25) is 5.02 Å². The van der Waals surface area contributed by atoms with Crippen molar-refractivity contribution in [2.75, 3.05) is 20.8 Å². The third-order valence-corrected chi connectivity index (χ3v) is 5.12. The van der Waals surface area contributed by atoms with Gasteiger partial charge in [-0.1, -0.05) is 23.7 Å². The predicted molar refractivity (Wildman–Crippen MR) is 107 cm³/mol. The maximum Gasteiger partial charge on any atom is 0.323 e. The van der Waals surface area contributed by atoms with Crippen LogP contribution in [0.25, 0.3) is 0 Å². The number of amides is 1. The molecule has 2 atom stereocenters. The highest BCUT2D eigenvalue weighted by atomic mass is 35.5. The molecule has 1 amide bonds. The van der Waals surface area contributed by atoms with Gasteiger partial charge in [0, 0.05) is 29.7 Å². The summed E-state index contributed by atoms with van der Waals surface area (Å²) in [5.74, 6) is 0.220. The van der Waals surface area contributed by atoms with Crippen LogP contribution in [0.3, 0.4) is 0 Å². The van der Waals surface area contributed by atoms with Crippen molar-refractivity contribution in [3.63, 3.8) is 0 Å². The summed E-state index contributed by atoms with van der Waals surface area (Å²) in [5, 5.41) is 3.68. The fourth-order valence-electron chi connectivity index (χ4n) is 3.40. The predicted octanol–water partition coefficient (Wildman–Crippen LogP) is 2.89. The lowest BCUT2D eigenvalue weighted by Crippen LogP contribution is -2.37. The van der Waals surface area contributed by atoms with E-state index in [1.807, 2.05) is 29.2 Å². The first-order valence-electron chi connectivity index (χ1n) is 9.01. The molecule has 1 aliphatic rings. The number of ether oxygens (including phenoxy) is 2. The second-order valence-corrected chi connectivity index (χ2v) is 7.17. The van der Waals surface area contributed by atoms with Crippen LogP contribution in [-0.4, -0.2) is 49.6 Å². The lowest BCUT2D eigenvalue weighted by atomic mass is 10.1. The van der Waals surface area contributed by atoms with Gasteiger partial charge in [-0.3, -0.25) is 14.5 Å². The average Bonchev–Trinajstić information content (AvgIpc) is 3.11. The normalized spacial score (nSPS) is 19.2. The number of benzene rings is 2. The monoisotopic (exact) mass is 402 g/mol. The first-order chi connectivity index (χ1) is 13.5. The van der Waals surface area contributed by atoms with Crippen molar-refractivity contribution in [1.29, 1.82) is 0 Å². The van der Waals surface area contributed by atoms with Gasteiger partial charge in [0.2, 0.25) is 0 Å². The highest BCUT2D eigenvalue weighted by Gasteiger charge is 2.38. The second-order valence-electron chi connectivity index (χ2n) is 6.73. The van der Waals surface area contributed by atoms with Crippen molar-refractivity contribution < 1.29 is 19.1 Å². The molecule has 1 saturated heterocycles. The zero-order chi connectivity index (χ0) is 20.1. The minimum atomic E-state index is -0.401. The number of esters is 1. The van der Waals surface area contributed by atoms with Gasteiger partial charge in [-0.05, 0) is 48.4 Å². The molecular weight excluding hydrogens is 380 g/mol. The van der Waals surface area contributed by atoms with E-state index in [4.69, 9.17) is 21.1 Å². The van der Waals surface area contributed by atoms with Gasteiger partial charge >= 0.3 is 5.97 Å². The van der Waals surface area contributed by atoms with Crippen molar-refractivity contribution in [1.82, 2.24) is 10.2 Å². The van der Waals surface area contributed by atoms with E-state index in [1.165, 1.54) is 7.11 Å². The van der Waals surface area contributed by atoms with Crippen LogP contribution in [0.5, 0.6) is 5.75 Å². The van der Waals surface area contributed by atoms with Gasteiger partial charge in [-0.15, -0.1) is 0 Å². The first kappa shape index (κ1) is 20.2. The van der Waals surface area contributed by atoms with Crippen LogP contribution < -0.4 is 10.1 Å². The van der Waals surface area contributed by atoms with E-state index >= 15 is 0 Å². The van der Waals surface area contributed by atoms with Gasteiger partial charge in [0.1, 0.15) is 11.8 Å². The number of hydrogen-bond acceptors (Lipinski definition) is 5. The van der Waals surface area contributed by atoms with Crippen LogP contribution >= 0.6 is 11.6 Å². The topological polar surface area (TPSA) is 67.9 Å². The molecule has 0 aliphatic carbocycles. The molecule has 0 aromatic heterocycles. The smallest absolute Gasteiger partial charge is 0.323 e. The highest BCUT2D eigenvalue weighted by Crippen LogP contribution is 2.23. The number of carbonyl (C=O) groups is 2. The van der Waals surface area contributed by atoms with Crippen LogP contribution in [-0.2, 0) is 16.1 Å². The maximum absolute atomic E-state index is 12.5. The van der Waals surface area contributed by atoms with Gasteiger partial charge in [-0.2, -0.15) is 0 Å². The van der Waals surface area contributed by atoms with E-state index in [0.29, 0.717) is 35.8 Å². The molecular formula is C21H23ClN2O4. The molecule has 0 saturated carbocycles. The summed E-state index contributed by atoms with van der Waals surface area (Å²) in [7, 11) is 2.96. The minimum absolute atomic E-state index is 0.147. The maximum atomic E-state index is 12.5. The van der Waals surface area contributed by atoms with E-state index in [-0.39, 0.29) is 17.9 Å². The fourth-order valence-corrected chi connectivity index (χ4v) is 3.53. The lowest BCUT2D eigenvalue weighted by Gasteiger charge is -2.22. The number of methoxy groups -OCH3 is 2. The Morgan fingerprint density at radius 1 is 1.11 bits per heavy atom. The SMILES string of the molecule is COC(=O)[C@@H]1C[C@@H](NC(=O)c2ccc(OC)cc2)CN1Cc1ccc(Cl)cc1. The Bertz CT molecular complexity index is 823. The van der Waals surface area contributed by atoms with Crippen LogP contribution in [0, 0.1) is 0 Å². The third-order valence-electron chi connectivity index (χ3n) is 4.86. The Hall–Kier alpha value is -2.57. The summed E-state index contributed by atoms with van der Waals surface area (Å²) in [6.45, 7) is 1.14. The Morgan fingerprint density at radius 3 is 2.39 bits per heavy atom. The molecule has 0 unspecified atom stereocenters. The molecule has 1 N–H and O–H groups in total. The zero-order valence-electron chi connectivity index (χ0n) is 15.9. The van der Waals surface area contributed by atoms with E-state index < -0.39 is 6.04 Å². The molecule has 0 bridgehead atoms. The molecule has 2 aromatic carbocycles. The standard InChI is InChI=1S/C21H23ClN2O4/c1-27-18-9-5-15(6-10-18)20(25)23-17-11-19(21(26)28-2)24(13-17)12-14-3-7-16(22)8-4-14/h3-10,17,19H,11-13H2,1-2H3,(H,23,25)/t17-,19+/m1/s1. The third kappa shape index (κ3) is 4.82. The van der Waals surface area contributed by atoms with Crippen molar-refractivity contribution in [2.45, 2.75) is 25.0 Å². The molecule has 1 aliphatic heterocycles. The largest absolute Gasteiger partial charge is 0.497 e. The van der Waals surface area contributed by atoms with E-state index in [2.05, 4.69) is 5.32 Å². The average molecular weight is 403 g/mol. The number of likely N-dealkylation sites (tertiary alicyclic amines) is 1. The van der Waals surface area contributed by atoms with Gasteiger partial charge in [0.25, 0.3) is 5.91 Å². The summed E-state index contributed by atoms with van der Waals surface area (Å²) >= 11 is 5.94. The van der Waals surface area contributed by atoms with Crippen molar-refractivity contribution in [3.05, 3.63) is 64.7 Å². The van der Waals surface area contributed by atoms with Gasteiger partial charge < -0.3 is 14.8 Å². The number of halogens is 1. The number of carbonyl (C=O) groups excluding carboxylic acids is 2. The minimum Gasteiger partial charge on any atom is -0.497 e.